The van der Waals surface area contributed by atoms with E-state index in [1.807, 2.05) is 13.0 Å². The molecule has 0 spiro atoms. The first-order valence-electron chi connectivity index (χ1n) is 8.51. The Morgan fingerprint density at radius 1 is 1.20 bits per heavy atom. The Bertz CT molecular complexity index is 746. The molecule has 1 saturated heterocycles. The molecule has 7 heteroatoms. The molecular formula is C18H22ClN5O. The van der Waals surface area contributed by atoms with Crippen LogP contribution in [0.4, 0.5) is 11.6 Å². The number of anilines is 2. The van der Waals surface area contributed by atoms with Crippen molar-refractivity contribution in [3.8, 4) is 0 Å². The molecule has 0 atom stereocenters. The number of carbonyl (C=O) groups excluding carboxylic acids is 1. The van der Waals surface area contributed by atoms with Crippen molar-refractivity contribution in [1.29, 1.82) is 0 Å². The quantitative estimate of drug-likeness (QED) is 0.776. The number of rotatable bonds is 6. The number of aromatic nitrogens is 2. The van der Waals surface area contributed by atoms with E-state index in [2.05, 4.69) is 25.5 Å². The van der Waals surface area contributed by atoms with Crippen molar-refractivity contribution in [3.05, 3.63) is 46.7 Å². The summed E-state index contributed by atoms with van der Waals surface area (Å²) in [4.78, 5) is 23.3. The molecule has 132 valence electrons. The maximum absolute atomic E-state index is 12.1. The zero-order valence-electron chi connectivity index (χ0n) is 14.3. The lowest BCUT2D eigenvalue weighted by Gasteiger charge is -2.17. The van der Waals surface area contributed by atoms with Gasteiger partial charge in [0.1, 0.15) is 17.5 Å². The Morgan fingerprint density at radius 2 is 1.96 bits per heavy atom. The highest BCUT2D eigenvalue weighted by Gasteiger charge is 2.15. The van der Waals surface area contributed by atoms with E-state index in [0.29, 0.717) is 23.7 Å². The third kappa shape index (κ3) is 4.60. The summed E-state index contributed by atoms with van der Waals surface area (Å²) in [5.41, 5.74) is 0.485. The van der Waals surface area contributed by atoms with Crippen LogP contribution in [-0.4, -0.2) is 42.1 Å². The smallest absolute Gasteiger partial charge is 0.252 e. The summed E-state index contributed by atoms with van der Waals surface area (Å²) in [7, 11) is 0. The van der Waals surface area contributed by atoms with Gasteiger partial charge in [-0.2, -0.15) is 0 Å². The average Bonchev–Trinajstić information content (AvgIpc) is 3.13. The van der Waals surface area contributed by atoms with Gasteiger partial charge in [-0.05, 0) is 31.9 Å². The number of carbonyl (C=O) groups is 1. The van der Waals surface area contributed by atoms with Gasteiger partial charge >= 0.3 is 0 Å². The number of hydrogen-bond acceptors (Lipinski definition) is 5. The third-order valence-electron chi connectivity index (χ3n) is 4.09. The summed E-state index contributed by atoms with van der Waals surface area (Å²) in [6.45, 7) is 5.04. The second-order valence-electron chi connectivity index (χ2n) is 6.02. The maximum atomic E-state index is 12.1. The van der Waals surface area contributed by atoms with Crippen LogP contribution < -0.4 is 15.5 Å². The minimum Gasteiger partial charge on any atom is -0.368 e. The molecule has 3 rings (SSSR count). The first kappa shape index (κ1) is 17.5. The van der Waals surface area contributed by atoms with Gasteiger partial charge in [-0.1, -0.05) is 23.7 Å². The van der Waals surface area contributed by atoms with E-state index in [1.165, 1.54) is 12.8 Å². The highest BCUT2D eigenvalue weighted by Crippen LogP contribution is 2.20. The topological polar surface area (TPSA) is 70.2 Å². The summed E-state index contributed by atoms with van der Waals surface area (Å²) in [6, 6.07) is 8.98. The molecule has 1 amide bonds. The van der Waals surface area contributed by atoms with Crippen LogP contribution in [-0.2, 0) is 0 Å². The zero-order chi connectivity index (χ0) is 17.6. The predicted molar refractivity (Wildman–Crippen MR) is 100 cm³/mol. The molecule has 1 fully saturated rings. The van der Waals surface area contributed by atoms with E-state index in [4.69, 9.17) is 11.6 Å². The van der Waals surface area contributed by atoms with Crippen LogP contribution in [0.25, 0.3) is 0 Å². The normalized spacial score (nSPS) is 13.8. The van der Waals surface area contributed by atoms with Gasteiger partial charge in [-0.25, -0.2) is 9.97 Å². The van der Waals surface area contributed by atoms with Gasteiger partial charge in [0, 0.05) is 32.2 Å². The highest BCUT2D eigenvalue weighted by molar-refractivity contribution is 6.33. The SMILES string of the molecule is Cc1nc(NCCNC(=O)c2ccccc2Cl)cc(N2CCCC2)n1. The van der Waals surface area contributed by atoms with Crippen LogP contribution in [0, 0.1) is 6.92 Å². The molecule has 1 aromatic heterocycles. The number of halogens is 1. The number of benzene rings is 1. The molecule has 0 bridgehead atoms. The number of amides is 1. The van der Waals surface area contributed by atoms with Gasteiger partial charge < -0.3 is 15.5 Å². The molecule has 2 aromatic rings. The van der Waals surface area contributed by atoms with E-state index in [-0.39, 0.29) is 5.91 Å². The molecule has 1 aromatic carbocycles. The molecule has 0 unspecified atom stereocenters. The van der Waals surface area contributed by atoms with Crippen molar-refractivity contribution < 1.29 is 4.79 Å². The number of nitrogens with zero attached hydrogens (tertiary/aromatic N) is 3. The zero-order valence-corrected chi connectivity index (χ0v) is 15.0. The number of nitrogens with one attached hydrogen (secondary N) is 2. The van der Waals surface area contributed by atoms with Gasteiger partial charge in [-0.3, -0.25) is 4.79 Å². The highest BCUT2D eigenvalue weighted by atomic mass is 35.5. The van der Waals surface area contributed by atoms with Gasteiger partial charge in [0.15, 0.2) is 0 Å². The first-order valence-corrected chi connectivity index (χ1v) is 8.88. The Kier molecular flexibility index (Phi) is 5.71. The van der Waals surface area contributed by atoms with Crippen LogP contribution in [0.2, 0.25) is 5.02 Å². The molecule has 0 aliphatic carbocycles. The van der Waals surface area contributed by atoms with E-state index >= 15 is 0 Å². The monoisotopic (exact) mass is 359 g/mol. The Hall–Kier alpha value is -2.34. The van der Waals surface area contributed by atoms with Crippen LogP contribution in [0.5, 0.6) is 0 Å². The molecular weight excluding hydrogens is 338 g/mol. The van der Waals surface area contributed by atoms with Gasteiger partial charge in [-0.15, -0.1) is 0 Å². The van der Waals surface area contributed by atoms with Gasteiger partial charge in [0.25, 0.3) is 5.91 Å². The number of aryl methyl sites for hydroxylation is 1. The fraction of sp³-hybridized carbons (Fsp3) is 0.389. The first-order chi connectivity index (χ1) is 12.1. The summed E-state index contributed by atoms with van der Waals surface area (Å²) in [5.74, 6) is 2.31. The number of hydrogen-bond donors (Lipinski definition) is 2. The Balaban J connectivity index is 1.52. The summed E-state index contributed by atoms with van der Waals surface area (Å²) < 4.78 is 0. The van der Waals surface area contributed by atoms with E-state index < -0.39 is 0 Å². The fourth-order valence-electron chi connectivity index (χ4n) is 2.86. The van der Waals surface area contributed by atoms with Gasteiger partial charge in [0.2, 0.25) is 0 Å². The van der Waals surface area contributed by atoms with Crippen LogP contribution in [0.15, 0.2) is 30.3 Å². The lowest BCUT2D eigenvalue weighted by atomic mass is 10.2. The van der Waals surface area contributed by atoms with Crippen LogP contribution in [0.3, 0.4) is 0 Å². The molecule has 1 aliphatic rings. The molecule has 1 aliphatic heterocycles. The lowest BCUT2D eigenvalue weighted by Crippen LogP contribution is -2.29. The van der Waals surface area contributed by atoms with E-state index in [9.17, 15) is 4.79 Å². The van der Waals surface area contributed by atoms with E-state index in [0.717, 1.165) is 30.5 Å². The van der Waals surface area contributed by atoms with Crippen molar-refractivity contribution in [2.75, 3.05) is 36.4 Å². The standard InChI is InChI=1S/C18H22ClN5O/c1-13-22-16(12-17(23-13)24-10-4-5-11-24)20-8-9-21-18(25)14-6-2-3-7-15(14)19/h2-3,6-7,12H,4-5,8-11H2,1H3,(H,21,25)(H,20,22,23). The summed E-state index contributed by atoms with van der Waals surface area (Å²) in [6.07, 6.45) is 2.42. The third-order valence-corrected chi connectivity index (χ3v) is 4.42. The molecule has 6 nitrogen and oxygen atoms in total. The van der Waals surface area contributed by atoms with Crippen molar-refractivity contribution in [2.24, 2.45) is 0 Å². The average molecular weight is 360 g/mol. The molecule has 0 saturated carbocycles. The van der Waals surface area contributed by atoms with E-state index in [1.54, 1.807) is 24.3 Å². The largest absolute Gasteiger partial charge is 0.368 e. The molecule has 2 heterocycles. The van der Waals surface area contributed by atoms with Crippen LogP contribution in [0.1, 0.15) is 29.0 Å². The van der Waals surface area contributed by atoms with Crippen LogP contribution >= 0.6 is 11.6 Å². The molecule has 25 heavy (non-hydrogen) atoms. The summed E-state index contributed by atoms with van der Waals surface area (Å²) in [5, 5.41) is 6.55. The van der Waals surface area contributed by atoms with Crippen molar-refractivity contribution in [1.82, 2.24) is 15.3 Å². The lowest BCUT2D eigenvalue weighted by molar-refractivity contribution is 0.0955. The molecule has 2 N–H and O–H groups in total. The minimum absolute atomic E-state index is 0.177. The van der Waals surface area contributed by atoms with Crippen molar-refractivity contribution in [3.63, 3.8) is 0 Å². The Labute approximate surface area is 152 Å². The van der Waals surface area contributed by atoms with Gasteiger partial charge in [0.05, 0.1) is 10.6 Å². The second kappa shape index (κ2) is 8.16. The molecule has 0 radical (unpaired) electrons. The van der Waals surface area contributed by atoms with Crippen molar-refractivity contribution in [2.45, 2.75) is 19.8 Å². The fourth-order valence-corrected chi connectivity index (χ4v) is 3.08. The Morgan fingerprint density at radius 3 is 2.72 bits per heavy atom. The predicted octanol–water partition coefficient (Wildman–Crippen LogP) is 2.88. The minimum atomic E-state index is -0.177. The summed E-state index contributed by atoms with van der Waals surface area (Å²) >= 11 is 6.03. The second-order valence-corrected chi connectivity index (χ2v) is 6.42. The maximum Gasteiger partial charge on any atom is 0.252 e. The van der Waals surface area contributed by atoms with Crippen molar-refractivity contribution >= 4 is 29.1 Å².